The lowest BCUT2D eigenvalue weighted by Crippen LogP contribution is -2.45. The number of hydrogen-bond acceptors (Lipinski definition) is 3. The highest BCUT2D eigenvalue weighted by Gasteiger charge is 2.17. The van der Waals surface area contributed by atoms with Crippen molar-refractivity contribution in [1.29, 1.82) is 0 Å². The van der Waals surface area contributed by atoms with Crippen LogP contribution in [0.4, 0.5) is 0 Å². The maximum Gasteiger partial charge on any atom is 0.220 e. The van der Waals surface area contributed by atoms with Crippen molar-refractivity contribution in [2.24, 2.45) is 0 Å². The van der Waals surface area contributed by atoms with Gasteiger partial charge in [0.15, 0.2) is 0 Å². The second-order valence-electron chi connectivity index (χ2n) is 19.3. The number of aliphatic hydroxyl groups is 2. The molecule has 70 heavy (non-hydrogen) atoms. The van der Waals surface area contributed by atoms with E-state index in [4.69, 9.17) is 0 Å². The van der Waals surface area contributed by atoms with Gasteiger partial charge in [-0.25, -0.2) is 0 Å². The van der Waals surface area contributed by atoms with Gasteiger partial charge in [-0.1, -0.05) is 276 Å². The molecule has 0 aliphatic heterocycles. The minimum absolute atomic E-state index is 0.107. The molecular weight excluding hydrogens is 855 g/mol. The number of hydrogen-bond donors (Lipinski definition) is 3. The molecule has 0 saturated heterocycles. The molecule has 0 rings (SSSR count). The summed E-state index contributed by atoms with van der Waals surface area (Å²) in [6.07, 6.45) is 93.3. The van der Waals surface area contributed by atoms with Gasteiger partial charge in [-0.15, -0.1) is 0 Å². The maximum atomic E-state index is 12.5. The second kappa shape index (κ2) is 59.8. The summed E-state index contributed by atoms with van der Waals surface area (Å²) in [4.78, 5) is 12.5. The van der Waals surface area contributed by atoms with Crippen molar-refractivity contribution >= 4 is 5.91 Å². The molecule has 1 amide bonds. The van der Waals surface area contributed by atoms with Crippen molar-refractivity contribution in [3.63, 3.8) is 0 Å². The van der Waals surface area contributed by atoms with Gasteiger partial charge in [0.1, 0.15) is 0 Å². The summed E-state index contributed by atoms with van der Waals surface area (Å²) < 4.78 is 0. The summed E-state index contributed by atoms with van der Waals surface area (Å²) >= 11 is 0. The number of rotatable bonds is 52. The molecular formula is C66H111NO3. The zero-order valence-corrected chi connectivity index (χ0v) is 45.7. The predicted molar refractivity (Wildman–Crippen MR) is 312 cm³/mol. The molecule has 0 aliphatic rings. The molecule has 0 saturated carbocycles. The molecule has 0 radical (unpaired) electrons. The largest absolute Gasteiger partial charge is 0.394 e. The Morgan fingerprint density at radius 3 is 1.00 bits per heavy atom. The van der Waals surface area contributed by atoms with Gasteiger partial charge >= 0.3 is 0 Å². The third-order valence-electron chi connectivity index (χ3n) is 12.6. The second-order valence-corrected chi connectivity index (χ2v) is 19.3. The van der Waals surface area contributed by atoms with Gasteiger partial charge in [-0.05, 0) is 109 Å². The zero-order valence-electron chi connectivity index (χ0n) is 45.7. The fourth-order valence-electron chi connectivity index (χ4n) is 8.17. The van der Waals surface area contributed by atoms with Crippen molar-refractivity contribution < 1.29 is 15.0 Å². The average Bonchev–Trinajstić information content (AvgIpc) is 3.36. The van der Waals surface area contributed by atoms with Crippen molar-refractivity contribution in [2.45, 2.75) is 270 Å². The van der Waals surface area contributed by atoms with E-state index in [2.05, 4.69) is 141 Å². The predicted octanol–water partition coefficient (Wildman–Crippen LogP) is 19.8. The molecule has 3 N–H and O–H groups in total. The highest BCUT2D eigenvalue weighted by molar-refractivity contribution is 5.76. The zero-order chi connectivity index (χ0) is 50.6. The quantitative estimate of drug-likeness (QED) is 0.0420. The minimum atomic E-state index is -0.893. The standard InChI is InChI=1S/C66H111NO3/c1-3-5-7-9-11-13-15-17-19-21-23-25-27-29-31-33-35-37-39-41-43-45-47-49-51-53-55-57-59-61-65(69)64(63-68)67-66(70)62-60-58-56-54-52-50-48-46-44-42-40-38-36-34-32-30-28-26-24-22-20-18-16-14-12-10-8-6-4-2/h6,8,12,14,18,20,24,26,30,32,36,38,42-45,48,50-51,53,59,61,64-65,68-69H,3-5,7,9-11,13,15-17,19,21-23,25,27-29,31,33-35,37,39-41,46-47,49,52,54-58,60,62-63H2,1-2H3,(H,67,70)/b8-6-,14-12-,20-18-,26-24-,32-30-,38-36-,44-42-,45-43+,50-48-,53-51+,61-59+. The molecule has 0 aliphatic carbocycles. The van der Waals surface area contributed by atoms with Gasteiger partial charge in [0.05, 0.1) is 18.8 Å². The first-order valence-electron chi connectivity index (χ1n) is 29.4. The van der Waals surface area contributed by atoms with Crippen molar-refractivity contribution in [1.82, 2.24) is 5.32 Å². The number of amides is 1. The molecule has 398 valence electrons. The molecule has 0 aromatic heterocycles. The molecule has 0 aromatic rings. The molecule has 0 bridgehead atoms. The molecule has 4 nitrogen and oxygen atoms in total. The van der Waals surface area contributed by atoms with Crippen LogP contribution in [0.15, 0.2) is 134 Å². The summed E-state index contributed by atoms with van der Waals surface area (Å²) in [6, 6.07) is -0.672. The number of carbonyl (C=O) groups excluding carboxylic acids is 1. The fourth-order valence-corrected chi connectivity index (χ4v) is 8.17. The summed E-state index contributed by atoms with van der Waals surface area (Å²) in [7, 11) is 0. The lowest BCUT2D eigenvalue weighted by atomic mass is 10.0. The number of allylic oxidation sites excluding steroid dienone is 21. The summed E-state index contributed by atoms with van der Waals surface area (Å²) in [6.45, 7) is 4.18. The lowest BCUT2D eigenvalue weighted by Gasteiger charge is -2.19. The minimum Gasteiger partial charge on any atom is -0.394 e. The van der Waals surface area contributed by atoms with Crippen molar-refractivity contribution in [3.8, 4) is 0 Å². The van der Waals surface area contributed by atoms with Crippen LogP contribution in [0.3, 0.4) is 0 Å². The molecule has 0 fully saturated rings. The Labute approximate surface area is 434 Å². The van der Waals surface area contributed by atoms with Crippen LogP contribution < -0.4 is 5.32 Å². The van der Waals surface area contributed by atoms with Crippen LogP contribution in [-0.2, 0) is 4.79 Å². The Morgan fingerprint density at radius 1 is 0.357 bits per heavy atom. The van der Waals surface area contributed by atoms with E-state index in [1.165, 1.54) is 128 Å². The first kappa shape index (κ1) is 66.5. The van der Waals surface area contributed by atoms with Gasteiger partial charge in [-0.3, -0.25) is 4.79 Å². The highest BCUT2D eigenvalue weighted by atomic mass is 16.3. The number of nitrogens with one attached hydrogen (secondary N) is 1. The topological polar surface area (TPSA) is 69.6 Å². The first-order valence-corrected chi connectivity index (χ1v) is 29.4. The van der Waals surface area contributed by atoms with Crippen molar-refractivity contribution in [2.75, 3.05) is 6.61 Å². The molecule has 2 atom stereocenters. The van der Waals surface area contributed by atoms with E-state index in [-0.39, 0.29) is 12.5 Å². The van der Waals surface area contributed by atoms with Crippen LogP contribution in [0, 0.1) is 0 Å². The molecule has 4 heteroatoms. The number of carbonyl (C=O) groups is 1. The van der Waals surface area contributed by atoms with E-state index in [9.17, 15) is 15.0 Å². The SMILES string of the molecule is CC/C=C\C/C=C\C/C=C\C/C=C\C/C=C\C/C=C\C/C=C\C/C=C\CCCCCCC(=O)NC(CO)C(O)/C=C/CC/C=C/CC/C=C/CCCCCCCCCCCCCCCCCCCCC. The third-order valence-corrected chi connectivity index (χ3v) is 12.6. The van der Waals surface area contributed by atoms with Gasteiger partial charge in [0, 0.05) is 6.42 Å². The van der Waals surface area contributed by atoms with E-state index in [1.54, 1.807) is 6.08 Å². The van der Waals surface area contributed by atoms with Crippen LogP contribution >= 0.6 is 0 Å². The fraction of sp³-hybridized carbons (Fsp3) is 0.652. The lowest BCUT2D eigenvalue weighted by molar-refractivity contribution is -0.123. The van der Waals surface area contributed by atoms with E-state index < -0.39 is 12.1 Å². The Hall–Kier alpha value is -3.47. The van der Waals surface area contributed by atoms with Gasteiger partial charge in [0.25, 0.3) is 0 Å². The maximum absolute atomic E-state index is 12.5. The number of unbranched alkanes of at least 4 members (excludes halogenated alkanes) is 25. The molecule has 2 unspecified atom stereocenters. The average molecular weight is 967 g/mol. The van der Waals surface area contributed by atoms with Crippen LogP contribution in [0.2, 0.25) is 0 Å². The Morgan fingerprint density at radius 2 is 0.643 bits per heavy atom. The van der Waals surface area contributed by atoms with Gasteiger partial charge in [0.2, 0.25) is 5.91 Å². The highest BCUT2D eigenvalue weighted by Crippen LogP contribution is 2.15. The third kappa shape index (κ3) is 55.5. The first-order chi connectivity index (χ1) is 34.7. The Bertz CT molecular complexity index is 1420. The van der Waals surface area contributed by atoms with Crippen LogP contribution in [0.5, 0.6) is 0 Å². The van der Waals surface area contributed by atoms with E-state index in [0.29, 0.717) is 6.42 Å². The van der Waals surface area contributed by atoms with Crippen molar-refractivity contribution in [3.05, 3.63) is 134 Å². The monoisotopic (exact) mass is 966 g/mol. The molecule has 0 aromatic carbocycles. The van der Waals surface area contributed by atoms with Gasteiger partial charge in [-0.2, -0.15) is 0 Å². The van der Waals surface area contributed by atoms with E-state index >= 15 is 0 Å². The summed E-state index contributed by atoms with van der Waals surface area (Å²) in [5.41, 5.74) is 0. The number of aliphatic hydroxyl groups excluding tert-OH is 2. The smallest absolute Gasteiger partial charge is 0.220 e. The summed E-state index contributed by atoms with van der Waals surface area (Å²) in [5.74, 6) is -0.107. The van der Waals surface area contributed by atoms with E-state index in [1.807, 2.05) is 6.08 Å². The molecule has 0 spiro atoms. The normalized spacial score (nSPS) is 13.8. The van der Waals surface area contributed by atoms with Gasteiger partial charge < -0.3 is 15.5 Å². The Balaban J connectivity index is 3.68. The van der Waals surface area contributed by atoms with Crippen LogP contribution in [0.25, 0.3) is 0 Å². The molecule has 0 heterocycles. The van der Waals surface area contributed by atoms with Crippen LogP contribution in [0.1, 0.15) is 258 Å². The summed E-state index contributed by atoms with van der Waals surface area (Å²) in [5, 5.41) is 23.1. The van der Waals surface area contributed by atoms with Crippen LogP contribution in [-0.4, -0.2) is 34.9 Å². The Kier molecular flexibility index (Phi) is 56.9. The van der Waals surface area contributed by atoms with E-state index in [0.717, 1.165) is 109 Å².